The van der Waals surface area contributed by atoms with Gasteiger partial charge in [0, 0.05) is 31.7 Å². The zero-order valence-electron chi connectivity index (χ0n) is 9.78. The number of rotatable bonds is 4. The van der Waals surface area contributed by atoms with E-state index in [1.54, 1.807) is 4.31 Å². The van der Waals surface area contributed by atoms with Crippen molar-refractivity contribution in [1.29, 1.82) is 0 Å². The van der Waals surface area contributed by atoms with Crippen LogP contribution in [0.4, 0.5) is 0 Å². The van der Waals surface area contributed by atoms with Crippen molar-refractivity contribution < 1.29 is 8.42 Å². The van der Waals surface area contributed by atoms with Gasteiger partial charge >= 0.3 is 0 Å². The summed E-state index contributed by atoms with van der Waals surface area (Å²) in [5.41, 5.74) is 0. The van der Waals surface area contributed by atoms with Crippen LogP contribution in [-0.4, -0.2) is 44.4 Å². The van der Waals surface area contributed by atoms with Crippen molar-refractivity contribution in [2.45, 2.75) is 44.7 Å². The monoisotopic (exact) mass is 247 g/mol. The second kappa shape index (κ2) is 5.00. The molecule has 2 heterocycles. The average molecular weight is 247 g/mol. The molecule has 2 aliphatic heterocycles. The van der Waals surface area contributed by atoms with E-state index in [0.29, 0.717) is 31.7 Å². The maximum atomic E-state index is 12.0. The minimum atomic E-state index is -3.25. The SMILES string of the molecule is CCCNS(=O)(=O)N1CCC2CCC(C1)N2. The van der Waals surface area contributed by atoms with Crippen molar-refractivity contribution >= 4 is 10.2 Å². The number of nitrogens with zero attached hydrogens (tertiary/aromatic N) is 1. The maximum Gasteiger partial charge on any atom is 0.279 e. The molecule has 0 radical (unpaired) electrons. The lowest BCUT2D eigenvalue weighted by molar-refractivity contribution is 0.377. The van der Waals surface area contributed by atoms with Gasteiger partial charge in [-0.15, -0.1) is 0 Å². The molecule has 94 valence electrons. The van der Waals surface area contributed by atoms with E-state index < -0.39 is 10.2 Å². The van der Waals surface area contributed by atoms with Crippen LogP contribution in [-0.2, 0) is 10.2 Å². The highest BCUT2D eigenvalue weighted by Gasteiger charge is 2.33. The molecule has 2 saturated heterocycles. The summed E-state index contributed by atoms with van der Waals surface area (Å²) in [6.45, 7) is 3.76. The van der Waals surface area contributed by atoms with E-state index >= 15 is 0 Å². The Balaban J connectivity index is 1.98. The van der Waals surface area contributed by atoms with Crippen molar-refractivity contribution in [3.05, 3.63) is 0 Å². The topological polar surface area (TPSA) is 61.4 Å². The minimum Gasteiger partial charge on any atom is -0.310 e. The molecule has 2 fully saturated rings. The first-order valence-electron chi connectivity index (χ1n) is 6.12. The van der Waals surface area contributed by atoms with Gasteiger partial charge in [0.1, 0.15) is 0 Å². The van der Waals surface area contributed by atoms with Crippen molar-refractivity contribution in [3.63, 3.8) is 0 Å². The Morgan fingerprint density at radius 2 is 2.06 bits per heavy atom. The van der Waals surface area contributed by atoms with Gasteiger partial charge in [0.05, 0.1) is 0 Å². The van der Waals surface area contributed by atoms with Gasteiger partial charge in [-0.3, -0.25) is 0 Å². The van der Waals surface area contributed by atoms with Gasteiger partial charge in [0.15, 0.2) is 0 Å². The normalized spacial score (nSPS) is 31.6. The summed E-state index contributed by atoms with van der Waals surface area (Å²) >= 11 is 0. The predicted molar refractivity (Wildman–Crippen MR) is 63.3 cm³/mol. The van der Waals surface area contributed by atoms with Gasteiger partial charge in [0.2, 0.25) is 0 Å². The molecule has 2 rings (SSSR count). The van der Waals surface area contributed by atoms with Crippen LogP contribution in [0.1, 0.15) is 32.6 Å². The molecule has 0 amide bonds. The van der Waals surface area contributed by atoms with E-state index in [2.05, 4.69) is 10.0 Å². The fourth-order valence-electron chi connectivity index (χ4n) is 2.45. The molecule has 2 aliphatic rings. The summed E-state index contributed by atoms with van der Waals surface area (Å²) in [5.74, 6) is 0. The third-order valence-corrected chi connectivity index (χ3v) is 4.94. The highest BCUT2D eigenvalue weighted by atomic mass is 32.2. The molecular formula is C10H21N3O2S. The molecule has 0 aromatic carbocycles. The quantitative estimate of drug-likeness (QED) is 0.738. The third kappa shape index (κ3) is 2.74. The van der Waals surface area contributed by atoms with Crippen LogP contribution in [0.25, 0.3) is 0 Å². The molecule has 2 N–H and O–H groups in total. The minimum absolute atomic E-state index is 0.353. The Bertz CT molecular complexity index is 331. The van der Waals surface area contributed by atoms with Crippen LogP contribution >= 0.6 is 0 Å². The van der Waals surface area contributed by atoms with Crippen LogP contribution in [0.2, 0.25) is 0 Å². The highest BCUT2D eigenvalue weighted by molar-refractivity contribution is 7.87. The first-order valence-corrected chi connectivity index (χ1v) is 7.56. The first-order chi connectivity index (χ1) is 7.62. The van der Waals surface area contributed by atoms with E-state index in [1.807, 2.05) is 6.92 Å². The first kappa shape index (κ1) is 12.3. The van der Waals surface area contributed by atoms with E-state index in [1.165, 1.54) is 6.42 Å². The summed E-state index contributed by atoms with van der Waals surface area (Å²) in [7, 11) is -3.25. The maximum absolute atomic E-state index is 12.0. The fourth-order valence-corrected chi connectivity index (χ4v) is 3.82. The molecule has 0 aliphatic carbocycles. The summed E-state index contributed by atoms with van der Waals surface area (Å²) < 4.78 is 28.2. The molecule has 2 bridgehead atoms. The largest absolute Gasteiger partial charge is 0.310 e. The van der Waals surface area contributed by atoms with Crippen LogP contribution in [0.3, 0.4) is 0 Å². The molecule has 0 aromatic heterocycles. The van der Waals surface area contributed by atoms with Gasteiger partial charge in [-0.05, 0) is 25.7 Å². The van der Waals surface area contributed by atoms with Gasteiger partial charge in [-0.2, -0.15) is 12.7 Å². The predicted octanol–water partition coefficient (Wildman–Crippen LogP) is 0.0571. The molecule has 2 unspecified atom stereocenters. The van der Waals surface area contributed by atoms with E-state index in [4.69, 9.17) is 0 Å². The van der Waals surface area contributed by atoms with E-state index in [-0.39, 0.29) is 0 Å². The van der Waals surface area contributed by atoms with E-state index in [9.17, 15) is 8.42 Å². The van der Waals surface area contributed by atoms with Gasteiger partial charge in [-0.25, -0.2) is 4.72 Å². The fraction of sp³-hybridized carbons (Fsp3) is 1.00. The Hall–Kier alpha value is -0.170. The summed E-state index contributed by atoms with van der Waals surface area (Å²) in [5, 5.41) is 3.48. The number of fused-ring (bicyclic) bond motifs is 2. The molecule has 5 nitrogen and oxygen atoms in total. The van der Waals surface area contributed by atoms with Crippen LogP contribution in [0, 0.1) is 0 Å². The zero-order chi connectivity index (χ0) is 11.6. The number of hydrogen-bond acceptors (Lipinski definition) is 3. The van der Waals surface area contributed by atoms with E-state index in [0.717, 1.165) is 19.3 Å². The van der Waals surface area contributed by atoms with Crippen molar-refractivity contribution in [1.82, 2.24) is 14.3 Å². The summed E-state index contributed by atoms with van der Waals surface area (Å²) in [6.07, 6.45) is 4.06. The molecule has 0 saturated carbocycles. The Kier molecular flexibility index (Phi) is 3.84. The second-order valence-electron chi connectivity index (χ2n) is 4.68. The Morgan fingerprint density at radius 1 is 1.31 bits per heavy atom. The molecule has 0 spiro atoms. The molecule has 0 aromatic rings. The van der Waals surface area contributed by atoms with Crippen molar-refractivity contribution in [3.8, 4) is 0 Å². The standard InChI is InChI=1S/C10H21N3O2S/c1-2-6-11-16(14,15)13-7-5-9-3-4-10(8-13)12-9/h9-12H,2-8H2,1H3. The molecular weight excluding hydrogens is 226 g/mol. The van der Waals surface area contributed by atoms with Gasteiger partial charge < -0.3 is 5.32 Å². The zero-order valence-corrected chi connectivity index (χ0v) is 10.6. The van der Waals surface area contributed by atoms with Crippen molar-refractivity contribution in [2.75, 3.05) is 19.6 Å². The lowest BCUT2D eigenvalue weighted by atomic mass is 10.1. The molecule has 6 heteroatoms. The van der Waals surface area contributed by atoms with Crippen LogP contribution in [0.5, 0.6) is 0 Å². The van der Waals surface area contributed by atoms with Gasteiger partial charge in [-0.1, -0.05) is 6.92 Å². The number of nitrogens with one attached hydrogen (secondary N) is 2. The average Bonchev–Trinajstić information content (AvgIpc) is 2.54. The lowest BCUT2D eigenvalue weighted by Gasteiger charge is -2.23. The highest BCUT2D eigenvalue weighted by Crippen LogP contribution is 2.21. The Labute approximate surface area is 97.8 Å². The van der Waals surface area contributed by atoms with Gasteiger partial charge in [0.25, 0.3) is 10.2 Å². The van der Waals surface area contributed by atoms with Crippen LogP contribution < -0.4 is 10.0 Å². The molecule has 16 heavy (non-hydrogen) atoms. The second-order valence-corrected chi connectivity index (χ2v) is 6.44. The van der Waals surface area contributed by atoms with Crippen molar-refractivity contribution in [2.24, 2.45) is 0 Å². The van der Waals surface area contributed by atoms with Crippen LogP contribution in [0.15, 0.2) is 0 Å². The summed E-state index contributed by atoms with van der Waals surface area (Å²) in [4.78, 5) is 0. The lowest BCUT2D eigenvalue weighted by Crippen LogP contribution is -2.45. The molecule has 2 atom stereocenters. The Morgan fingerprint density at radius 3 is 2.81 bits per heavy atom. The smallest absolute Gasteiger partial charge is 0.279 e. The third-order valence-electron chi connectivity index (χ3n) is 3.36. The summed E-state index contributed by atoms with van der Waals surface area (Å²) in [6, 6.07) is 0.877. The number of hydrogen-bond donors (Lipinski definition) is 2.